The Balaban J connectivity index is 1.29. The number of benzene rings is 7. The molecule has 1 heterocycles. The first kappa shape index (κ1) is 23.9. The molecular formula is C43H27N. The predicted octanol–water partition coefficient (Wildman–Crippen LogP) is 10.8. The number of rotatable bonds is 2. The summed E-state index contributed by atoms with van der Waals surface area (Å²) in [6.45, 7) is 0. The standard InChI is InChI=1S/C43H27N/c1-2-12-28(13-3-1)29-22-24-30(25-23-29)44-41-21-11-7-17-34(41)36-26-40-35(27-42(36)44)33-16-6-10-20-39(33)43(40)37-18-8-4-14-31(37)32-15-5-9-19-38(32)43/h1-27H. The van der Waals surface area contributed by atoms with Crippen molar-refractivity contribution >= 4 is 21.8 Å². The fraction of sp³-hybridized carbons (Fsp3) is 0.0233. The van der Waals surface area contributed by atoms with E-state index in [0.717, 1.165) is 0 Å². The molecular weight excluding hydrogens is 530 g/mol. The number of fused-ring (bicyclic) bond motifs is 13. The van der Waals surface area contributed by atoms with E-state index < -0.39 is 0 Å². The smallest absolute Gasteiger partial charge is 0.0725 e. The van der Waals surface area contributed by atoms with Gasteiger partial charge in [0.05, 0.1) is 16.4 Å². The van der Waals surface area contributed by atoms with Crippen LogP contribution in [0.5, 0.6) is 0 Å². The normalized spacial score (nSPS) is 13.6. The molecule has 0 N–H and O–H groups in total. The summed E-state index contributed by atoms with van der Waals surface area (Å²) < 4.78 is 2.45. The second kappa shape index (κ2) is 8.69. The Morgan fingerprint density at radius 2 is 0.864 bits per heavy atom. The van der Waals surface area contributed by atoms with Gasteiger partial charge >= 0.3 is 0 Å². The molecule has 0 bridgehead atoms. The second-order valence-electron chi connectivity index (χ2n) is 12.1. The van der Waals surface area contributed by atoms with Gasteiger partial charge in [0.15, 0.2) is 0 Å². The SMILES string of the molecule is c1ccc(-c2ccc(-n3c4ccccc4c4cc5c(cc43)-c3ccccc3C53c4ccccc4-c4ccccc43)cc2)cc1. The molecule has 0 unspecified atom stereocenters. The molecule has 1 nitrogen and oxygen atoms in total. The predicted molar refractivity (Wildman–Crippen MR) is 183 cm³/mol. The van der Waals surface area contributed by atoms with Crippen LogP contribution in [-0.2, 0) is 5.41 Å². The summed E-state index contributed by atoms with van der Waals surface area (Å²) in [7, 11) is 0. The fourth-order valence-corrected chi connectivity index (χ4v) is 8.27. The van der Waals surface area contributed by atoms with Gasteiger partial charge in [-0.25, -0.2) is 0 Å². The summed E-state index contributed by atoms with van der Waals surface area (Å²) in [5.74, 6) is 0. The molecule has 0 saturated carbocycles. The van der Waals surface area contributed by atoms with Gasteiger partial charge in [-0.1, -0.05) is 133 Å². The van der Waals surface area contributed by atoms with E-state index in [-0.39, 0.29) is 5.41 Å². The van der Waals surface area contributed by atoms with E-state index >= 15 is 0 Å². The van der Waals surface area contributed by atoms with Gasteiger partial charge in [0.2, 0.25) is 0 Å². The highest BCUT2D eigenvalue weighted by Crippen LogP contribution is 2.63. The van der Waals surface area contributed by atoms with Crippen molar-refractivity contribution in [3.05, 3.63) is 186 Å². The van der Waals surface area contributed by atoms with E-state index in [1.165, 1.54) is 83.1 Å². The third-order valence-electron chi connectivity index (χ3n) is 10.0. The highest BCUT2D eigenvalue weighted by molar-refractivity contribution is 6.12. The summed E-state index contributed by atoms with van der Waals surface area (Å²) in [5, 5.41) is 2.57. The van der Waals surface area contributed by atoms with Crippen LogP contribution in [0.25, 0.3) is 60.9 Å². The fourth-order valence-electron chi connectivity index (χ4n) is 8.27. The van der Waals surface area contributed by atoms with E-state index in [0.29, 0.717) is 0 Å². The highest BCUT2D eigenvalue weighted by Gasteiger charge is 2.51. The van der Waals surface area contributed by atoms with Gasteiger partial charge in [-0.15, -0.1) is 0 Å². The summed E-state index contributed by atoms with van der Waals surface area (Å²) in [4.78, 5) is 0. The molecule has 1 spiro atoms. The van der Waals surface area contributed by atoms with Gasteiger partial charge in [0, 0.05) is 16.5 Å². The largest absolute Gasteiger partial charge is 0.309 e. The zero-order valence-corrected chi connectivity index (χ0v) is 24.0. The molecule has 2 aliphatic carbocycles. The number of aromatic nitrogens is 1. The summed E-state index contributed by atoms with van der Waals surface area (Å²) in [6, 6.07) is 60.6. The average molecular weight is 558 g/mol. The molecule has 7 aromatic carbocycles. The first-order valence-electron chi connectivity index (χ1n) is 15.4. The Morgan fingerprint density at radius 3 is 1.52 bits per heavy atom. The Bertz CT molecular complexity index is 2380. The molecule has 0 radical (unpaired) electrons. The molecule has 204 valence electrons. The lowest BCUT2D eigenvalue weighted by Gasteiger charge is -2.30. The van der Waals surface area contributed by atoms with Crippen molar-refractivity contribution in [2.75, 3.05) is 0 Å². The van der Waals surface area contributed by atoms with E-state index in [1.54, 1.807) is 0 Å². The quantitative estimate of drug-likeness (QED) is 0.199. The van der Waals surface area contributed by atoms with E-state index in [1.807, 2.05) is 0 Å². The van der Waals surface area contributed by atoms with Crippen molar-refractivity contribution < 1.29 is 0 Å². The molecule has 0 amide bonds. The van der Waals surface area contributed by atoms with Crippen molar-refractivity contribution in [2.45, 2.75) is 5.41 Å². The molecule has 0 aliphatic heterocycles. The Morgan fingerprint density at radius 1 is 0.341 bits per heavy atom. The molecule has 0 saturated heterocycles. The van der Waals surface area contributed by atoms with Crippen molar-refractivity contribution in [2.24, 2.45) is 0 Å². The van der Waals surface area contributed by atoms with Crippen molar-refractivity contribution in [3.63, 3.8) is 0 Å². The summed E-state index contributed by atoms with van der Waals surface area (Å²) in [5.41, 5.74) is 16.6. The zero-order valence-electron chi connectivity index (χ0n) is 24.0. The molecule has 44 heavy (non-hydrogen) atoms. The third kappa shape index (κ3) is 2.94. The summed E-state index contributed by atoms with van der Waals surface area (Å²) in [6.07, 6.45) is 0. The zero-order chi connectivity index (χ0) is 28.8. The maximum atomic E-state index is 2.51. The number of hydrogen-bond donors (Lipinski definition) is 0. The van der Waals surface area contributed by atoms with E-state index in [9.17, 15) is 0 Å². The first-order chi connectivity index (χ1) is 21.8. The van der Waals surface area contributed by atoms with Crippen molar-refractivity contribution in [3.8, 4) is 39.1 Å². The molecule has 0 fully saturated rings. The van der Waals surface area contributed by atoms with Gasteiger partial charge in [-0.3, -0.25) is 0 Å². The lowest BCUT2D eigenvalue weighted by atomic mass is 9.70. The van der Waals surface area contributed by atoms with Crippen molar-refractivity contribution in [1.29, 1.82) is 0 Å². The molecule has 1 aromatic heterocycles. The minimum atomic E-state index is -0.339. The number of hydrogen-bond acceptors (Lipinski definition) is 0. The third-order valence-corrected chi connectivity index (χ3v) is 10.0. The van der Waals surface area contributed by atoms with Crippen LogP contribution >= 0.6 is 0 Å². The van der Waals surface area contributed by atoms with Crippen LogP contribution in [-0.4, -0.2) is 4.57 Å². The molecule has 0 atom stereocenters. The van der Waals surface area contributed by atoms with Crippen LogP contribution in [0, 0.1) is 0 Å². The topological polar surface area (TPSA) is 4.93 Å². The Labute approximate surface area is 256 Å². The second-order valence-corrected chi connectivity index (χ2v) is 12.1. The van der Waals surface area contributed by atoms with E-state index in [4.69, 9.17) is 0 Å². The van der Waals surface area contributed by atoms with Crippen molar-refractivity contribution in [1.82, 2.24) is 4.57 Å². The first-order valence-corrected chi connectivity index (χ1v) is 15.4. The Kier molecular flexibility index (Phi) is 4.71. The highest BCUT2D eigenvalue weighted by atomic mass is 15.0. The van der Waals surface area contributed by atoms with Gasteiger partial charge in [0.1, 0.15) is 0 Å². The van der Waals surface area contributed by atoms with Gasteiger partial charge in [-0.2, -0.15) is 0 Å². The maximum Gasteiger partial charge on any atom is 0.0725 e. The Hall–Kier alpha value is -5.66. The van der Waals surface area contributed by atoms with Crippen LogP contribution in [0.15, 0.2) is 164 Å². The van der Waals surface area contributed by atoms with Crippen LogP contribution in [0.1, 0.15) is 22.3 Å². The minimum absolute atomic E-state index is 0.339. The minimum Gasteiger partial charge on any atom is -0.309 e. The monoisotopic (exact) mass is 557 g/mol. The lowest BCUT2D eigenvalue weighted by Crippen LogP contribution is -2.25. The summed E-state index contributed by atoms with van der Waals surface area (Å²) >= 11 is 0. The van der Waals surface area contributed by atoms with E-state index in [2.05, 4.69) is 168 Å². The lowest BCUT2D eigenvalue weighted by molar-refractivity contribution is 0.795. The van der Waals surface area contributed by atoms with Crippen LogP contribution in [0.3, 0.4) is 0 Å². The van der Waals surface area contributed by atoms with Crippen LogP contribution in [0.4, 0.5) is 0 Å². The average Bonchev–Trinajstić information content (AvgIpc) is 3.69. The van der Waals surface area contributed by atoms with Crippen LogP contribution in [0.2, 0.25) is 0 Å². The molecule has 8 aromatic rings. The van der Waals surface area contributed by atoms with Gasteiger partial charge in [-0.05, 0) is 86.0 Å². The maximum absolute atomic E-state index is 2.51. The van der Waals surface area contributed by atoms with Crippen LogP contribution < -0.4 is 0 Å². The van der Waals surface area contributed by atoms with Gasteiger partial charge < -0.3 is 4.57 Å². The number of nitrogens with zero attached hydrogens (tertiary/aromatic N) is 1. The molecule has 2 aliphatic rings. The number of para-hydroxylation sites is 1. The van der Waals surface area contributed by atoms with Gasteiger partial charge in [0.25, 0.3) is 0 Å². The molecule has 1 heteroatoms. The molecule has 10 rings (SSSR count).